The van der Waals surface area contributed by atoms with Gasteiger partial charge in [-0.05, 0) is 19.8 Å². The normalized spacial score (nSPS) is 18.1. The predicted octanol–water partition coefficient (Wildman–Crippen LogP) is 0.796. The molecule has 1 saturated carbocycles. The summed E-state index contributed by atoms with van der Waals surface area (Å²) in [6.45, 7) is 2.25. The van der Waals surface area contributed by atoms with Crippen LogP contribution in [0.3, 0.4) is 0 Å². The Balaban J connectivity index is 2.43. The first-order chi connectivity index (χ1) is 8.56. The van der Waals surface area contributed by atoms with Gasteiger partial charge in [0.2, 0.25) is 0 Å². The highest BCUT2D eigenvalue weighted by atomic mass is 16.4. The summed E-state index contributed by atoms with van der Waals surface area (Å²) in [6, 6.07) is -0.0459. The quantitative estimate of drug-likeness (QED) is 0.680. The van der Waals surface area contributed by atoms with Gasteiger partial charge in [-0.3, -0.25) is 0 Å². The number of urea groups is 1. The van der Waals surface area contributed by atoms with E-state index < -0.39 is 12.1 Å². The molecule has 104 valence electrons. The first kappa shape index (κ1) is 14.8. The molecule has 2 amide bonds. The highest BCUT2D eigenvalue weighted by Gasteiger charge is 2.24. The third-order valence-corrected chi connectivity index (χ3v) is 3.35. The Morgan fingerprint density at radius 1 is 1.33 bits per heavy atom. The van der Waals surface area contributed by atoms with Gasteiger partial charge in [0.05, 0.1) is 6.54 Å². The van der Waals surface area contributed by atoms with Gasteiger partial charge in [0.1, 0.15) is 0 Å². The average Bonchev–Trinajstić information content (AvgIpc) is 2.38. The molecule has 0 aromatic carbocycles. The molecule has 6 nitrogen and oxygen atoms in total. The minimum atomic E-state index is -1.54. The number of aliphatic hydroxyl groups is 1. The van der Waals surface area contributed by atoms with E-state index in [4.69, 9.17) is 10.2 Å². The lowest BCUT2D eigenvalue weighted by atomic mass is 9.94. The molecule has 0 bridgehead atoms. The van der Waals surface area contributed by atoms with Gasteiger partial charge < -0.3 is 20.4 Å². The predicted molar refractivity (Wildman–Crippen MR) is 66.3 cm³/mol. The SMILES string of the molecule is CCN(C(=O)NC[C@H](O)C(=O)O)C1CCCCC1. The van der Waals surface area contributed by atoms with Crippen LogP contribution in [0, 0.1) is 0 Å². The second-order valence-corrected chi connectivity index (χ2v) is 4.62. The van der Waals surface area contributed by atoms with Crippen LogP contribution in [-0.4, -0.2) is 52.3 Å². The van der Waals surface area contributed by atoms with Gasteiger partial charge in [-0.1, -0.05) is 19.3 Å². The van der Waals surface area contributed by atoms with Crippen molar-refractivity contribution < 1.29 is 19.8 Å². The summed E-state index contributed by atoms with van der Waals surface area (Å²) in [6.07, 6.45) is 3.94. The first-order valence-electron chi connectivity index (χ1n) is 6.51. The van der Waals surface area contributed by atoms with Crippen molar-refractivity contribution in [2.45, 2.75) is 51.2 Å². The highest BCUT2D eigenvalue weighted by molar-refractivity contribution is 5.77. The van der Waals surface area contributed by atoms with Gasteiger partial charge in [-0.2, -0.15) is 0 Å². The van der Waals surface area contributed by atoms with Crippen LogP contribution in [0.15, 0.2) is 0 Å². The Morgan fingerprint density at radius 3 is 2.44 bits per heavy atom. The Hall–Kier alpha value is -1.30. The number of carbonyl (C=O) groups is 2. The van der Waals surface area contributed by atoms with Crippen LogP contribution in [-0.2, 0) is 4.79 Å². The van der Waals surface area contributed by atoms with E-state index in [1.807, 2.05) is 6.92 Å². The zero-order valence-corrected chi connectivity index (χ0v) is 10.8. The van der Waals surface area contributed by atoms with Crippen LogP contribution in [0.25, 0.3) is 0 Å². The van der Waals surface area contributed by atoms with E-state index in [1.54, 1.807) is 4.90 Å². The lowest BCUT2D eigenvalue weighted by Crippen LogP contribution is -2.49. The van der Waals surface area contributed by atoms with Crippen molar-refractivity contribution in [2.75, 3.05) is 13.1 Å². The minimum Gasteiger partial charge on any atom is -0.479 e. The molecule has 1 atom stereocenters. The van der Waals surface area contributed by atoms with E-state index in [9.17, 15) is 9.59 Å². The Morgan fingerprint density at radius 2 is 1.94 bits per heavy atom. The summed E-state index contributed by atoms with van der Waals surface area (Å²) >= 11 is 0. The molecule has 3 N–H and O–H groups in total. The molecule has 1 aliphatic rings. The number of amides is 2. The number of aliphatic hydroxyl groups excluding tert-OH is 1. The molecule has 0 radical (unpaired) electrons. The molecule has 0 heterocycles. The van der Waals surface area contributed by atoms with Gasteiger partial charge in [0.15, 0.2) is 6.10 Å². The van der Waals surface area contributed by atoms with Gasteiger partial charge in [-0.25, -0.2) is 9.59 Å². The average molecular weight is 258 g/mol. The maximum atomic E-state index is 11.9. The monoisotopic (exact) mass is 258 g/mol. The summed E-state index contributed by atoms with van der Waals surface area (Å²) in [5.41, 5.74) is 0. The molecule has 18 heavy (non-hydrogen) atoms. The van der Waals surface area contributed by atoms with Crippen molar-refractivity contribution in [3.8, 4) is 0 Å². The molecule has 1 fully saturated rings. The summed E-state index contributed by atoms with van der Waals surface area (Å²) in [4.78, 5) is 24.1. The molecule has 6 heteroatoms. The number of carboxylic acid groups (broad SMARTS) is 1. The number of aliphatic carboxylic acids is 1. The molecule has 0 aromatic rings. The van der Waals surface area contributed by atoms with E-state index in [0.717, 1.165) is 25.7 Å². The fourth-order valence-electron chi connectivity index (χ4n) is 2.33. The second-order valence-electron chi connectivity index (χ2n) is 4.62. The third kappa shape index (κ3) is 4.18. The number of carboxylic acids is 1. The van der Waals surface area contributed by atoms with Gasteiger partial charge >= 0.3 is 12.0 Å². The number of rotatable bonds is 5. The number of carbonyl (C=O) groups excluding carboxylic acids is 1. The summed E-state index contributed by atoms with van der Waals surface area (Å²) in [5.74, 6) is -1.32. The molecule has 1 rings (SSSR count). The smallest absolute Gasteiger partial charge is 0.334 e. The highest BCUT2D eigenvalue weighted by Crippen LogP contribution is 2.22. The maximum Gasteiger partial charge on any atom is 0.334 e. The second kappa shape index (κ2) is 7.20. The minimum absolute atomic E-state index is 0.241. The molecule has 0 aliphatic heterocycles. The van der Waals surface area contributed by atoms with Crippen molar-refractivity contribution in [3.63, 3.8) is 0 Å². The fourth-order valence-corrected chi connectivity index (χ4v) is 2.33. The molecule has 1 aliphatic carbocycles. The zero-order valence-electron chi connectivity index (χ0n) is 10.8. The Labute approximate surface area is 107 Å². The standard InChI is InChI=1S/C12H22N2O4/c1-2-14(9-6-4-3-5-7-9)12(18)13-8-10(15)11(16)17/h9-10,15H,2-8H2,1H3,(H,13,18)(H,16,17)/t10-/m0/s1. The van der Waals surface area contributed by atoms with Crippen molar-refractivity contribution in [3.05, 3.63) is 0 Å². The van der Waals surface area contributed by atoms with Crippen molar-refractivity contribution in [1.29, 1.82) is 0 Å². The molecule has 0 aromatic heterocycles. The maximum absolute atomic E-state index is 11.9. The van der Waals surface area contributed by atoms with E-state index >= 15 is 0 Å². The van der Waals surface area contributed by atoms with Gasteiger partial charge in [-0.15, -0.1) is 0 Å². The number of hydrogen-bond donors (Lipinski definition) is 3. The molecule has 0 saturated heterocycles. The Kier molecular flexibility index (Phi) is 5.91. The lowest BCUT2D eigenvalue weighted by molar-refractivity contribution is -0.146. The Bertz CT molecular complexity index is 290. The molecular formula is C12H22N2O4. The van der Waals surface area contributed by atoms with Crippen molar-refractivity contribution in [2.24, 2.45) is 0 Å². The summed E-state index contributed by atoms with van der Waals surface area (Å²) < 4.78 is 0. The third-order valence-electron chi connectivity index (χ3n) is 3.35. The van der Waals surface area contributed by atoms with Crippen LogP contribution >= 0.6 is 0 Å². The molecule has 0 spiro atoms. The number of nitrogens with one attached hydrogen (secondary N) is 1. The van der Waals surface area contributed by atoms with Crippen LogP contribution in [0.2, 0.25) is 0 Å². The summed E-state index contributed by atoms with van der Waals surface area (Å²) in [5, 5.41) is 20.1. The van der Waals surface area contributed by atoms with Crippen LogP contribution < -0.4 is 5.32 Å². The number of nitrogens with zero attached hydrogens (tertiary/aromatic N) is 1. The van der Waals surface area contributed by atoms with E-state index in [2.05, 4.69) is 5.32 Å². The molecule has 0 unspecified atom stereocenters. The van der Waals surface area contributed by atoms with Crippen LogP contribution in [0.4, 0.5) is 4.79 Å². The fraction of sp³-hybridized carbons (Fsp3) is 0.833. The molecular weight excluding hydrogens is 236 g/mol. The van der Waals surface area contributed by atoms with Crippen molar-refractivity contribution in [1.82, 2.24) is 10.2 Å². The lowest BCUT2D eigenvalue weighted by Gasteiger charge is -2.33. The van der Waals surface area contributed by atoms with E-state index in [1.165, 1.54) is 6.42 Å². The largest absolute Gasteiger partial charge is 0.479 e. The van der Waals surface area contributed by atoms with E-state index in [0.29, 0.717) is 6.54 Å². The summed E-state index contributed by atoms with van der Waals surface area (Å²) in [7, 11) is 0. The van der Waals surface area contributed by atoms with Crippen LogP contribution in [0.5, 0.6) is 0 Å². The van der Waals surface area contributed by atoms with Gasteiger partial charge in [0, 0.05) is 12.6 Å². The first-order valence-corrected chi connectivity index (χ1v) is 6.51. The van der Waals surface area contributed by atoms with Crippen molar-refractivity contribution >= 4 is 12.0 Å². The van der Waals surface area contributed by atoms with Gasteiger partial charge in [0.25, 0.3) is 0 Å². The zero-order chi connectivity index (χ0) is 13.5. The van der Waals surface area contributed by atoms with Crippen LogP contribution in [0.1, 0.15) is 39.0 Å². The number of hydrogen-bond acceptors (Lipinski definition) is 3. The topological polar surface area (TPSA) is 89.9 Å². The van der Waals surface area contributed by atoms with E-state index in [-0.39, 0.29) is 18.6 Å².